The lowest BCUT2D eigenvalue weighted by atomic mass is 10.1. The Morgan fingerprint density at radius 2 is 2.00 bits per heavy atom. The number of nitrogens with two attached hydrogens (primary N) is 1. The average Bonchev–Trinajstić information content (AvgIpc) is 2.64. The third-order valence-corrected chi connectivity index (χ3v) is 5.00. The smallest absolute Gasteiger partial charge is 0.255 e. The molecule has 0 radical (unpaired) electrons. The van der Waals surface area contributed by atoms with Crippen LogP contribution in [0.5, 0.6) is 0 Å². The fraction of sp³-hybridized carbons (Fsp3) is 0.211. The molecule has 3 heterocycles. The molecule has 0 amide bonds. The Bertz CT molecular complexity index is 982. The molecule has 0 saturated carbocycles. The molecule has 3 aromatic rings. The lowest BCUT2D eigenvalue weighted by Crippen LogP contribution is -2.35. The number of benzene rings is 1. The number of halogens is 1. The van der Waals surface area contributed by atoms with Gasteiger partial charge < -0.3 is 10.7 Å². The SMILES string of the molecule is Nc1ccc(-c2nc3c(c(=O)[nH]2)CN(Cc2ccc(Br)nc2)CC3)cc1. The largest absolute Gasteiger partial charge is 0.399 e. The molecule has 4 rings (SSSR count). The second-order valence-corrected chi connectivity index (χ2v) is 7.22. The molecule has 0 aliphatic carbocycles. The van der Waals surface area contributed by atoms with E-state index in [-0.39, 0.29) is 5.56 Å². The van der Waals surface area contributed by atoms with Crippen molar-refractivity contribution in [1.82, 2.24) is 19.9 Å². The minimum Gasteiger partial charge on any atom is -0.399 e. The van der Waals surface area contributed by atoms with Crippen molar-refractivity contribution < 1.29 is 0 Å². The maximum atomic E-state index is 12.6. The van der Waals surface area contributed by atoms with E-state index in [4.69, 9.17) is 5.73 Å². The van der Waals surface area contributed by atoms with Crippen molar-refractivity contribution in [3.05, 3.63) is 74.4 Å². The minimum absolute atomic E-state index is 0.0690. The van der Waals surface area contributed by atoms with E-state index >= 15 is 0 Å². The van der Waals surface area contributed by atoms with Gasteiger partial charge in [0.05, 0.1) is 11.3 Å². The van der Waals surface area contributed by atoms with Crippen LogP contribution in [0.3, 0.4) is 0 Å². The van der Waals surface area contributed by atoms with Gasteiger partial charge in [-0.1, -0.05) is 6.07 Å². The first-order valence-electron chi connectivity index (χ1n) is 8.39. The van der Waals surface area contributed by atoms with Gasteiger partial charge in [0.2, 0.25) is 0 Å². The molecule has 0 saturated heterocycles. The maximum absolute atomic E-state index is 12.6. The van der Waals surface area contributed by atoms with Crippen molar-refractivity contribution in [2.75, 3.05) is 12.3 Å². The number of aromatic nitrogens is 3. The first-order valence-corrected chi connectivity index (χ1v) is 9.18. The third-order valence-electron chi connectivity index (χ3n) is 4.53. The highest BCUT2D eigenvalue weighted by atomic mass is 79.9. The van der Waals surface area contributed by atoms with Crippen molar-refractivity contribution in [1.29, 1.82) is 0 Å². The maximum Gasteiger partial charge on any atom is 0.255 e. The van der Waals surface area contributed by atoms with Gasteiger partial charge in [-0.05, 0) is 51.8 Å². The summed E-state index contributed by atoms with van der Waals surface area (Å²) >= 11 is 3.35. The third kappa shape index (κ3) is 3.54. The molecule has 7 heteroatoms. The van der Waals surface area contributed by atoms with Crippen molar-refractivity contribution in [3.63, 3.8) is 0 Å². The fourth-order valence-electron chi connectivity index (χ4n) is 3.15. The van der Waals surface area contributed by atoms with E-state index in [1.54, 1.807) is 0 Å². The van der Waals surface area contributed by atoms with Crippen LogP contribution in [-0.4, -0.2) is 26.4 Å². The molecule has 2 aromatic heterocycles. The molecular weight excluding hydrogens is 394 g/mol. The number of H-pyrrole nitrogens is 1. The quantitative estimate of drug-likeness (QED) is 0.510. The Labute approximate surface area is 159 Å². The minimum atomic E-state index is -0.0690. The van der Waals surface area contributed by atoms with E-state index in [0.29, 0.717) is 18.1 Å². The molecule has 3 N–H and O–H groups in total. The van der Waals surface area contributed by atoms with Crippen LogP contribution in [-0.2, 0) is 19.5 Å². The topological polar surface area (TPSA) is 87.9 Å². The summed E-state index contributed by atoms with van der Waals surface area (Å²) in [5.74, 6) is 0.597. The molecule has 1 aromatic carbocycles. The fourth-order valence-corrected chi connectivity index (χ4v) is 3.39. The van der Waals surface area contributed by atoms with Gasteiger partial charge >= 0.3 is 0 Å². The standard InChI is InChI=1S/C19H18BrN5O/c20-17-6-1-12(9-22-17)10-25-8-7-16-15(11-25)19(26)24-18(23-16)13-2-4-14(21)5-3-13/h1-6,9H,7-8,10-11,21H2,(H,23,24,26). The molecule has 6 nitrogen and oxygen atoms in total. The van der Waals surface area contributed by atoms with Crippen molar-refractivity contribution in [2.24, 2.45) is 0 Å². The molecule has 1 aliphatic heterocycles. The summed E-state index contributed by atoms with van der Waals surface area (Å²) in [6, 6.07) is 11.3. The van der Waals surface area contributed by atoms with Crippen LogP contribution in [0.15, 0.2) is 52.0 Å². The number of aromatic amines is 1. The van der Waals surface area contributed by atoms with Crippen LogP contribution in [0.4, 0.5) is 5.69 Å². The second-order valence-electron chi connectivity index (χ2n) is 6.41. The molecule has 132 valence electrons. The van der Waals surface area contributed by atoms with Gasteiger partial charge in [-0.15, -0.1) is 0 Å². The Kier molecular flexibility index (Phi) is 4.57. The predicted octanol–water partition coefficient (Wildman–Crippen LogP) is 2.73. The zero-order chi connectivity index (χ0) is 18.1. The molecule has 0 fully saturated rings. The molecule has 0 unspecified atom stereocenters. The number of rotatable bonds is 3. The summed E-state index contributed by atoms with van der Waals surface area (Å²) in [5.41, 5.74) is 9.96. The Morgan fingerprint density at radius 1 is 1.19 bits per heavy atom. The summed E-state index contributed by atoms with van der Waals surface area (Å²) in [5, 5.41) is 0. The molecule has 1 aliphatic rings. The molecule has 0 spiro atoms. The lowest BCUT2D eigenvalue weighted by Gasteiger charge is -2.27. The number of nitrogens with zero attached hydrogens (tertiary/aromatic N) is 3. The Balaban J connectivity index is 1.57. The van der Waals surface area contributed by atoms with Gasteiger partial charge in [0.15, 0.2) is 0 Å². The first kappa shape index (κ1) is 16.9. The zero-order valence-corrected chi connectivity index (χ0v) is 15.7. The summed E-state index contributed by atoms with van der Waals surface area (Å²) in [4.78, 5) is 26.7. The highest BCUT2D eigenvalue weighted by Crippen LogP contribution is 2.21. The summed E-state index contributed by atoms with van der Waals surface area (Å²) in [7, 11) is 0. The average molecular weight is 412 g/mol. The first-order chi connectivity index (χ1) is 12.6. The number of hydrogen-bond acceptors (Lipinski definition) is 5. The van der Waals surface area contributed by atoms with Gasteiger partial charge in [-0.3, -0.25) is 9.69 Å². The van der Waals surface area contributed by atoms with Crippen LogP contribution in [0.2, 0.25) is 0 Å². The molecular formula is C19H18BrN5O. The summed E-state index contributed by atoms with van der Waals surface area (Å²) in [6.07, 6.45) is 2.61. The van der Waals surface area contributed by atoms with Crippen molar-refractivity contribution in [3.8, 4) is 11.4 Å². The number of nitrogens with one attached hydrogen (secondary N) is 1. The molecule has 26 heavy (non-hydrogen) atoms. The van der Waals surface area contributed by atoms with Gasteiger partial charge in [0.25, 0.3) is 5.56 Å². The van der Waals surface area contributed by atoms with E-state index in [1.807, 2.05) is 42.6 Å². The molecule has 0 bridgehead atoms. The van der Waals surface area contributed by atoms with Crippen LogP contribution in [0.1, 0.15) is 16.8 Å². The summed E-state index contributed by atoms with van der Waals surface area (Å²) in [6.45, 7) is 2.22. The summed E-state index contributed by atoms with van der Waals surface area (Å²) < 4.78 is 0.820. The van der Waals surface area contributed by atoms with Gasteiger partial charge in [-0.25, -0.2) is 9.97 Å². The van der Waals surface area contributed by atoms with E-state index in [9.17, 15) is 4.79 Å². The highest BCUT2D eigenvalue weighted by molar-refractivity contribution is 9.10. The van der Waals surface area contributed by atoms with Gasteiger partial charge in [0, 0.05) is 43.5 Å². The normalized spacial score (nSPS) is 14.2. The van der Waals surface area contributed by atoms with Gasteiger partial charge in [-0.2, -0.15) is 0 Å². The van der Waals surface area contributed by atoms with Crippen LogP contribution < -0.4 is 11.3 Å². The number of anilines is 1. The Hall–Kier alpha value is -2.51. The van der Waals surface area contributed by atoms with E-state index < -0.39 is 0 Å². The van der Waals surface area contributed by atoms with E-state index in [1.165, 1.54) is 0 Å². The van der Waals surface area contributed by atoms with Gasteiger partial charge in [0.1, 0.15) is 10.4 Å². The number of fused-ring (bicyclic) bond motifs is 1. The van der Waals surface area contributed by atoms with Crippen LogP contribution in [0.25, 0.3) is 11.4 Å². The van der Waals surface area contributed by atoms with Crippen molar-refractivity contribution in [2.45, 2.75) is 19.5 Å². The van der Waals surface area contributed by atoms with Crippen LogP contribution in [0, 0.1) is 0 Å². The highest BCUT2D eigenvalue weighted by Gasteiger charge is 2.21. The van der Waals surface area contributed by atoms with Crippen LogP contribution >= 0.6 is 15.9 Å². The van der Waals surface area contributed by atoms with E-state index in [0.717, 1.165) is 46.5 Å². The number of nitrogen functional groups attached to an aromatic ring is 1. The number of pyridine rings is 1. The second kappa shape index (κ2) is 7.01. The van der Waals surface area contributed by atoms with Crippen molar-refractivity contribution >= 4 is 21.6 Å². The Morgan fingerprint density at radius 3 is 2.73 bits per heavy atom. The monoisotopic (exact) mass is 411 g/mol. The zero-order valence-electron chi connectivity index (χ0n) is 14.1. The molecule has 0 atom stereocenters. The predicted molar refractivity (Wildman–Crippen MR) is 104 cm³/mol. The lowest BCUT2D eigenvalue weighted by molar-refractivity contribution is 0.241. The number of hydrogen-bond donors (Lipinski definition) is 2. The van der Waals surface area contributed by atoms with E-state index in [2.05, 4.69) is 35.8 Å².